The Labute approximate surface area is 110 Å². The molecule has 0 saturated heterocycles. The van der Waals surface area contributed by atoms with Gasteiger partial charge >= 0.3 is 0 Å². The molecule has 98 valence electrons. The number of nitrogens with two attached hydrogens (primary N) is 1. The smallest absolute Gasteiger partial charge is 0.164 e. The van der Waals surface area contributed by atoms with Crippen LogP contribution in [-0.4, -0.2) is 12.3 Å². The van der Waals surface area contributed by atoms with Gasteiger partial charge in [-0.25, -0.2) is 0 Å². The lowest BCUT2D eigenvalue weighted by molar-refractivity contribution is 0.0985. The standard InChI is InChI=1S/C16H23NO/c1-12-2-4-13(5-3-12)14-6-8-15(9-7-14)16(18)10-11-17/h6-9,12-13H,2-5,10-11,17H2,1H3. The molecule has 0 atom stereocenters. The first-order valence-corrected chi connectivity index (χ1v) is 7.04. The van der Waals surface area contributed by atoms with Crippen LogP contribution >= 0.6 is 0 Å². The molecule has 1 aromatic carbocycles. The predicted octanol–water partition coefficient (Wildman–Crippen LogP) is 3.51. The molecule has 0 amide bonds. The fourth-order valence-corrected chi connectivity index (χ4v) is 2.81. The van der Waals surface area contributed by atoms with Crippen LogP contribution in [-0.2, 0) is 0 Å². The van der Waals surface area contributed by atoms with Crippen molar-refractivity contribution in [1.29, 1.82) is 0 Å². The van der Waals surface area contributed by atoms with E-state index in [1.807, 2.05) is 12.1 Å². The molecule has 0 unspecified atom stereocenters. The number of rotatable bonds is 4. The van der Waals surface area contributed by atoms with E-state index in [1.165, 1.54) is 31.2 Å². The van der Waals surface area contributed by atoms with Crippen molar-refractivity contribution in [2.75, 3.05) is 6.54 Å². The first-order chi connectivity index (χ1) is 8.70. The summed E-state index contributed by atoms with van der Waals surface area (Å²) in [5.41, 5.74) is 7.60. The lowest BCUT2D eigenvalue weighted by atomic mass is 9.79. The molecule has 1 aliphatic carbocycles. The zero-order valence-electron chi connectivity index (χ0n) is 11.2. The average Bonchev–Trinajstić information content (AvgIpc) is 2.40. The van der Waals surface area contributed by atoms with Gasteiger partial charge in [-0.2, -0.15) is 0 Å². The van der Waals surface area contributed by atoms with E-state index >= 15 is 0 Å². The molecule has 1 aliphatic rings. The van der Waals surface area contributed by atoms with E-state index in [2.05, 4.69) is 19.1 Å². The molecule has 2 rings (SSSR count). The van der Waals surface area contributed by atoms with Gasteiger partial charge in [-0.05, 0) is 36.8 Å². The van der Waals surface area contributed by atoms with Gasteiger partial charge in [-0.3, -0.25) is 4.79 Å². The Morgan fingerprint density at radius 2 is 1.78 bits per heavy atom. The summed E-state index contributed by atoms with van der Waals surface area (Å²) in [4.78, 5) is 11.7. The van der Waals surface area contributed by atoms with Crippen molar-refractivity contribution in [1.82, 2.24) is 0 Å². The largest absolute Gasteiger partial charge is 0.330 e. The van der Waals surface area contributed by atoms with E-state index in [0.717, 1.165) is 11.5 Å². The summed E-state index contributed by atoms with van der Waals surface area (Å²) in [6, 6.07) is 8.19. The number of ketones is 1. The third-order valence-corrected chi connectivity index (χ3v) is 4.09. The molecule has 1 aromatic rings. The molecule has 1 fully saturated rings. The second-order valence-corrected chi connectivity index (χ2v) is 5.54. The van der Waals surface area contributed by atoms with Crippen LogP contribution in [0.2, 0.25) is 0 Å². The van der Waals surface area contributed by atoms with E-state index in [9.17, 15) is 4.79 Å². The van der Waals surface area contributed by atoms with Crippen LogP contribution < -0.4 is 5.73 Å². The van der Waals surface area contributed by atoms with Crippen LogP contribution in [0.4, 0.5) is 0 Å². The molecule has 0 radical (unpaired) electrons. The van der Waals surface area contributed by atoms with E-state index < -0.39 is 0 Å². The lowest BCUT2D eigenvalue weighted by Crippen LogP contribution is -2.11. The van der Waals surface area contributed by atoms with Crippen molar-refractivity contribution >= 4 is 5.78 Å². The molecule has 0 aromatic heterocycles. The van der Waals surface area contributed by atoms with Crippen LogP contribution in [0.15, 0.2) is 24.3 Å². The second-order valence-electron chi connectivity index (χ2n) is 5.54. The Bertz CT molecular complexity index is 388. The number of hydrogen-bond donors (Lipinski definition) is 1. The third-order valence-electron chi connectivity index (χ3n) is 4.09. The van der Waals surface area contributed by atoms with E-state index in [4.69, 9.17) is 5.73 Å². The summed E-state index contributed by atoms with van der Waals surface area (Å²) in [7, 11) is 0. The Hall–Kier alpha value is -1.15. The summed E-state index contributed by atoms with van der Waals surface area (Å²) in [6.07, 6.45) is 5.69. The second kappa shape index (κ2) is 6.14. The van der Waals surface area contributed by atoms with Crippen molar-refractivity contribution in [3.63, 3.8) is 0 Å². The Kier molecular flexibility index (Phi) is 4.54. The van der Waals surface area contributed by atoms with Gasteiger partial charge in [0.15, 0.2) is 5.78 Å². The Morgan fingerprint density at radius 3 is 2.33 bits per heavy atom. The van der Waals surface area contributed by atoms with Crippen molar-refractivity contribution in [2.24, 2.45) is 11.7 Å². The van der Waals surface area contributed by atoms with Gasteiger partial charge in [0.1, 0.15) is 0 Å². The van der Waals surface area contributed by atoms with Gasteiger partial charge in [0.2, 0.25) is 0 Å². The van der Waals surface area contributed by atoms with Crippen LogP contribution in [0.25, 0.3) is 0 Å². The summed E-state index contributed by atoms with van der Waals surface area (Å²) < 4.78 is 0. The van der Waals surface area contributed by atoms with Gasteiger partial charge in [0.25, 0.3) is 0 Å². The molecule has 0 bridgehead atoms. The van der Waals surface area contributed by atoms with E-state index in [0.29, 0.717) is 18.9 Å². The summed E-state index contributed by atoms with van der Waals surface area (Å²) >= 11 is 0. The predicted molar refractivity (Wildman–Crippen MR) is 74.8 cm³/mol. The fraction of sp³-hybridized carbons (Fsp3) is 0.562. The van der Waals surface area contributed by atoms with E-state index in [-0.39, 0.29) is 5.78 Å². The molecule has 2 nitrogen and oxygen atoms in total. The molecule has 2 heteroatoms. The minimum atomic E-state index is 0.154. The SMILES string of the molecule is CC1CCC(c2ccc(C(=O)CCN)cc2)CC1. The average molecular weight is 245 g/mol. The van der Waals surface area contributed by atoms with Crippen LogP contribution in [0.5, 0.6) is 0 Å². The molecule has 18 heavy (non-hydrogen) atoms. The van der Waals surface area contributed by atoms with Gasteiger partial charge in [0, 0.05) is 12.0 Å². The molecule has 1 saturated carbocycles. The molecular weight excluding hydrogens is 222 g/mol. The highest BCUT2D eigenvalue weighted by Crippen LogP contribution is 2.35. The molecule has 0 aliphatic heterocycles. The van der Waals surface area contributed by atoms with Crippen molar-refractivity contribution in [2.45, 2.75) is 44.9 Å². The highest BCUT2D eigenvalue weighted by atomic mass is 16.1. The summed E-state index contributed by atoms with van der Waals surface area (Å²) in [5, 5.41) is 0. The fourth-order valence-electron chi connectivity index (χ4n) is 2.81. The number of carbonyl (C=O) groups excluding carboxylic acids is 1. The van der Waals surface area contributed by atoms with Crippen molar-refractivity contribution < 1.29 is 4.79 Å². The summed E-state index contributed by atoms with van der Waals surface area (Å²) in [5.74, 6) is 1.73. The highest BCUT2D eigenvalue weighted by molar-refractivity contribution is 5.96. The minimum absolute atomic E-state index is 0.154. The maximum atomic E-state index is 11.7. The van der Waals surface area contributed by atoms with E-state index in [1.54, 1.807) is 0 Å². The van der Waals surface area contributed by atoms with Crippen LogP contribution in [0.3, 0.4) is 0 Å². The maximum absolute atomic E-state index is 11.7. The zero-order chi connectivity index (χ0) is 13.0. The molecular formula is C16H23NO. The lowest BCUT2D eigenvalue weighted by Gasteiger charge is -2.26. The topological polar surface area (TPSA) is 43.1 Å². The van der Waals surface area contributed by atoms with Crippen LogP contribution in [0.1, 0.15) is 60.9 Å². The monoisotopic (exact) mass is 245 g/mol. The normalized spacial score (nSPS) is 23.9. The number of hydrogen-bond acceptors (Lipinski definition) is 2. The van der Waals surface area contributed by atoms with Gasteiger partial charge < -0.3 is 5.73 Å². The quantitative estimate of drug-likeness (QED) is 0.825. The first kappa shape index (κ1) is 13.3. The highest BCUT2D eigenvalue weighted by Gasteiger charge is 2.19. The molecule has 0 heterocycles. The zero-order valence-corrected chi connectivity index (χ0v) is 11.2. The van der Waals surface area contributed by atoms with Crippen molar-refractivity contribution in [3.8, 4) is 0 Å². The number of carbonyl (C=O) groups is 1. The third kappa shape index (κ3) is 3.20. The van der Waals surface area contributed by atoms with Crippen LogP contribution in [0, 0.1) is 5.92 Å². The van der Waals surface area contributed by atoms with Crippen molar-refractivity contribution in [3.05, 3.63) is 35.4 Å². The summed E-state index contributed by atoms with van der Waals surface area (Å²) in [6.45, 7) is 2.77. The minimum Gasteiger partial charge on any atom is -0.330 e. The van der Waals surface area contributed by atoms with Gasteiger partial charge in [0.05, 0.1) is 0 Å². The van der Waals surface area contributed by atoms with Gasteiger partial charge in [-0.15, -0.1) is 0 Å². The first-order valence-electron chi connectivity index (χ1n) is 7.04. The maximum Gasteiger partial charge on any atom is 0.164 e. The molecule has 0 spiro atoms. The number of benzene rings is 1. The Balaban J connectivity index is 2.01. The van der Waals surface area contributed by atoms with Gasteiger partial charge in [-0.1, -0.05) is 44.0 Å². The molecule has 2 N–H and O–H groups in total. The number of Topliss-reactive ketones (excluding diaryl/α,β-unsaturated/α-hetero) is 1. The Morgan fingerprint density at radius 1 is 1.17 bits per heavy atom.